The molecule has 2 heterocycles. The largest absolute Gasteiger partial charge is 0.322 e. The second kappa shape index (κ2) is 9.76. The topological polar surface area (TPSA) is 68.4 Å². The van der Waals surface area contributed by atoms with Crippen molar-refractivity contribution in [3.8, 4) is 0 Å². The number of amides is 2. The number of aromatic nitrogens is 1. The fourth-order valence-corrected chi connectivity index (χ4v) is 4.61. The van der Waals surface area contributed by atoms with E-state index in [9.17, 15) is 9.59 Å². The zero-order valence-electron chi connectivity index (χ0n) is 18.5. The summed E-state index contributed by atoms with van der Waals surface area (Å²) in [7, 11) is 0. The molecule has 4 rings (SSSR count). The lowest BCUT2D eigenvalue weighted by Crippen LogP contribution is -2.45. The molecule has 2 N–H and O–H groups in total. The molecule has 3 aromatic rings. The maximum Gasteiger partial charge on any atom is 0.322 e. The van der Waals surface area contributed by atoms with Crippen molar-refractivity contribution in [2.45, 2.75) is 39.3 Å². The van der Waals surface area contributed by atoms with Gasteiger partial charge in [0.1, 0.15) is 0 Å². The number of carbonyl (C=O) groups is 1. The first-order chi connectivity index (χ1) is 15.4. The van der Waals surface area contributed by atoms with Gasteiger partial charge in [-0.05, 0) is 68.1 Å². The molecular weight excluding hydrogens is 424 g/mol. The van der Waals surface area contributed by atoms with Crippen LogP contribution in [0.4, 0.5) is 10.5 Å². The Morgan fingerprint density at radius 2 is 2.06 bits per heavy atom. The predicted octanol–water partition coefficient (Wildman–Crippen LogP) is 5.01. The van der Waals surface area contributed by atoms with Crippen molar-refractivity contribution in [3.63, 3.8) is 0 Å². The summed E-state index contributed by atoms with van der Waals surface area (Å²) in [6.07, 6.45) is 2.16. The first-order valence-corrected chi connectivity index (χ1v) is 11.5. The fraction of sp³-hybridized carbons (Fsp3) is 0.360. The van der Waals surface area contributed by atoms with Crippen molar-refractivity contribution in [1.82, 2.24) is 14.8 Å². The highest BCUT2D eigenvalue weighted by Crippen LogP contribution is 2.23. The van der Waals surface area contributed by atoms with Crippen molar-refractivity contribution in [1.29, 1.82) is 0 Å². The molecule has 0 bridgehead atoms. The summed E-state index contributed by atoms with van der Waals surface area (Å²) in [4.78, 5) is 33.2. The molecule has 1 atom stereocenters. The van der Waals surface area contributed by atoms with Crippen LogP contribution in [-0.4, -0.2) is 46.5 Å². The molecule has 168 valence electrons. The summed E-state index contributed by atoms with van der Waals surface area (Å²) in [6.45, 7) is 6.90. The molecule has 1 unspecified atom stereocenters. The second-order valence-electron chi connectivity index (χ2n) is 8.43. The Morgan fingerprint density at radius 1 is 1.25 bits per heavy atom. The normalized spacial score (nSPS) is 16.4. The molecule has 32 heavy (non-hydrogen) atoms. The highest BCUT2D eigenvalue weighted by atomic mass is 35.5. The van der Waals surface area contributed by atoms with Gasteiger partial charge in [-0.1, -0.05) is 42.8 Å². The van der Waals surface area contributed by atoms with Crippen LogP contribution in [0.3, 0.4) is 0 Å². The zero-order chi connectivity index (χ0) is 22.7. The summed E-state index contributed by atoms with van der Waals surface area (Å²) in [5.74, 6) is 0. The van der Waals surface area contributed by atoms with Gasteiger partial charge in [-0.2, -0.15) is 0 Å². The molecule has 1 aromatic heterocycles. The monoisotopic (exact) mass is 452 g/mol. The molecule has 0 radical (unpaired) electrons. The molecule has 1 saturated heterocycles. The molecular formula is C25H29ClN4O2. The van der Waals surface area contributed by atoms with Crippen LogP contribution in [0.5, 0.6) is 0 Å². The van der Waals surface area contributed by atoms with Gasteiger partial charge in [0, 0.05) is 23.7 Å². The number of rotatable bonds is 6. The predicted molar refractivity (Wildman–Crippen MR) is 130 cm³/mol. The Labute approximate surface area is 193 Å². The van der Waals surface area contributed by atoms with Gasteiger partial charge in [0.15, 0.2) is 0 Å². The number of anilines is 1. The number of carbonyl (C=O) groups excluding carboxylic acids is 1. The van der Waals surface area contributed by atoms with E-state index in [1.807, 2.05) is 43.3 Å². The van der Waals surface area contributed by atoms with Crippen LogP contribution >= 0.6 is 11.6 Å². The first kappa shape index (κ1) is 22.4. The molecule has 0 spiro atoms. The van der Waals surface area contributed by atoms with E-state index >= 15 is 0 Å². The summed E-state index contributed by atoms with van der Waals surface area (Å²) in [6, 6.07) is 15.0. The number of hydrogen-bond donors (Lipinski definition) is 2. The van der Waals surface area contributed by atoms with Crippen molar-refractivity contribution in [2.75, 3.05) is 25.0 Å². The summed E-state index contributed by atoms with van der Waals surface area (Å²) < 4.78 is 0. The molecule has 0 saturated carbocycles. The van der Waals surface area contributed by atoms with E-state index < -0.39 is 0 Å². The van der Waals surface area contributed by atoms with E-state index in [1.165, 1.54) is 0 Å². The number of nitrogens with one attached hydrogen (secondary N) is 2. The Hall–Kier alpha value is -2.83. The van der Waals surface area contributed by atoms with Gasteiger partial charge in [-0.3, -0.25) is 9.69 Å². The lowest BCUT2D eigenvalue weighted by atomic mass is 10.1. The van der Waals surface area contributed by atoms with Crippen molar-refractivity contribution >= 4 is 34.2 Å². The van der Waals surface area contributed by atoms with Crippen molar-refractivity contribution in [3.05, 3.63) is 75.0 Å². The Kier molecular flexibility index (Phi) is 6.82. The standard InChI is InChI=1S/C25H29ClN4O2/c1-3-29-12-6-7-20(29)16-30(25(32)28-22-9-5-4-8-21(22)26)15-19-14-18-11-10-17(2)13-23(18)27-24(19)31/h4-5,8-11,13-14,20H,3,6-7,12,15-16H2,1-2H3,(H,27,31)(H,28,32). The minimum absolute atomic E-state index is 0.169. The minimum Gasteiger partial charge on any atom is -0.322 e. The number of para-hydroxylation sites is 1. The molecule has 2 aromatic carbocycles. The van der Waals surface area contributed by atoms with Gasteiger partial charge in [0.25, 0.3) is 5.56 Å². The summed E-state index contributed by atoms with van der Waals surface area (Å²) in [5.41, 5.74) is 2.85. The smallest absolute Gasteiger partial charge is 0.322 e. The Balaban J connectivity index is 1.62. The SMILES string of the molecule is CCN1CCCC1CN(Cc1cc2ccc(C)cc2[nH]c1=O)C(=O)Nc1ccccc1Cl. The molecule has 1 fully saturated rings. The molecule has 1 aliphatic rings. The summed E-state index contributed by atoms with van der Waals surface area (Å²) in [5, 5.41) is 4.36. The minimum atomic E-state index is -0.260. The second-order valence-corrected chi connectivity index (χ2v) is 8.84. The van der Waals surface area contributed by atoms with Gasteiger partial charge in [-0.15, -0.1) is 0 Å². The van der Waals surface area contributed by atoms with Crippen molar-refractivity contribution < 1.29 is 4.79 Å². The van der Waals surface area contributed by atoms with Crippen LogP contribution in [0, 0.1) is 6.92 Å². The lowest BCUT2D eigenvalue weighted by Gasteiger charge is -2.30. The molecule has 0 aliphatic carbocycles. The van der Waals surface area contributed by atoms with Crippen LogP contribution in [0.25, 0.3) is 10.9 Å². The quantitative estimate of drug-likeness (QED) is 0.552. The average molecular weight is 453 g/mol. The van der Waals surface area contributed by atoms with Gasteiger partial charge in [0.05, 0.1) is 17.3 Å². The van der Waals surface area contributed by atoms with E-state index in [0.717, 1.165) is 42.4 Å². The molecule has 1 aliphatic heterocycles. The fourth-order valence-electron chi connectivity index (χ4n) is 4.43. The Morgan fingerprint density at radius 3 is 2.84 bits per heavy atom. The van der Waals surface area contributed by atoms with Crippen LogP contribution < -0.4 is 10.9 Å². The van der Waals surface area contributed by atoms with Crippen LogP contribution in [-0.2, 0) is 6.54 Å². The number of fused-ring (bicyclic) bond motifs is 1. The Bertz CT molecular complexity index is 1180. The van der Waals surface area contributed by atoms with Crippen LogP contribution in [0.1, 0.15) is 30.9 Å². The number of H-pyrrole nitrogens is 1. The van der Waals surface area contributed by atoms with E-state index in [4.69, 9.17) is 11.6 Å². The number of hydrogen-bond acceptors (Lipinski definition) is 3. The third-order valence-electron chi connectivity index (χ3n) is 6.18. The summed E-state index contributed by atoms with van der Waals surface area (Å²) >= 11 is 6.26. The van der Waals surface area contributed by atoms with E-state index in [0.29, 0.717) is 22.8 Å². The van der Waals surface area contributed by atoms with Crippen LogP contribution in [0.15, 0.2) is 53.3 Å². The number of likely N-dealkylation sites (tertiary alicyclic amines) is 1. The lowest BCUT2D eigenvalue weighted by molar-refractivity contribution is 0.174. The number of benzene rings is 2. The molecule has 7 heteroatoms. The highest BCUT2D eigenvalue weighted by molar-refractivity contribution is 6.33. The number of nitrogens with zero attached hydrogens (tertiary/aromatic N) is 2. The number of pyridine rings is 1. The zero-order valence-corrected chi connectivity index (χ0v) is 19.3. The van der Waals surface area contributed by atoms with E-state index in [1.54, 1.807) is 17.0 Å². The number of aromatic amines is 1. The van der Waals surface area contributed by atoms with Crippen molar-refractivity contribution in [2.24, 2.45) is 0 Å². The van der Waals surface area contributed by atoms with Gasteiger partial charge in [-0.25, -0.2) is 4.79 Å². The van der Waals surface area contributed by atoms with E-state index in [-0.39, 0.29) is 24.2 Å². The van der Waals surface area contributed by atoms with Gasteiger partial charge < -0.3 is 15.2 Å². The van der Waals surface area contributed by atoms with Crippen LogP contribution in [0.2, 0.25) is 5.02 Å². The third-order valence-corrected chi connectivity index (χ3v) is 6.51. The van der Waals surface area contributed by atoms with E-state index in [2.05, 4.69) is 22.1 Å². The van der Waals surface area contributed by atoms with Gasteiger partial charge in [0.2, 0.25) is 0 Å². The molecule has 2 amide bonds. The highest BCUT2D eigenvalue weighted by Gasteiger charge is 2.28. The van der Waals surface area contributed by atoms with Gasteiger partial charge >= 0.3 is 6.03 Å². The average Bonchev–Trinajstić information content (AvgIpc) is 3.22. The number of halogens is 1. The number of aryl methyl sites for hydroxylation is 1. The molecule has 6 nitrogen and oxygen atoms in total. The third kappa shape index (κ3) is 4.97. The number of urea groups is 1. The maximum absolute atomic E-state index is 13.3. The maximum atomic E-state index is 13.3. The first-order valence-electron chi connectivity index (χ1n) is 11.1. The number of likely N-dealkylation sites (N-methyl/N-ethyl adjacent to an activating group) is 1.